The number of carbonyl (C=O) groups excluding carboxylic acids is 3. The smallest absolute Gasteiger partial charge is 0.338 e. The first-order valence-corrected chi connectivity index (χ1v) is 18.9. The summed E-state index contributed by atoms with van der Waals surface area (Å²) in [6.07, 6.45) is 1.84. The lowest BCUT2D eigenvalue weighted by Crippen LogP contribution is -2.53. The summed E-state index contributed by atoms with van der Waals surface area (Å²) in [6, 6.07) is 26.5. The topological polar surface area (TPSA) is 141 Å². The molecular weight excluding hydrogens is 717 g/mol. The van der Waals surface area contributed by atoms with Crippen LogP contribution in [0.4, 0.5) is 11.4 Å². The van der Waals surface area contributed by atoms with E-state index in [1.165, 1.54) is 15.5 Å². The van der Waals surface area contributed by atoms with Gasteiger partial charge in [0.1, 0.15) is 0 Å². The first-order chi connectivity index (χ1) is 26.5. The van der Waals surface area contributed by atoms with Crippen LogP contribution in [0, 0.1) is 35.8 Å². The number of hydrogen-bond acceptors (Lipinski definition) is 9. The molecule has 3 heterocycles. The van der Waals surface area contributed by atoms with E-state index in [4.69, 9.17) is 9.73 Å². The van der Waals surface area contributed by atoms with Gasteiger partial charge in [-0.2, -0.15) is 0 Å². The molecule has 0 saturated carbocycles. The third-order valence-corrected chi connectivity index (χ3v) is 12.6. The molecule has 5 aromatic rings. The Balaban J connectivity index is 1.33. The summed E-state index contributed by atoms with van der Waals surface area (Å²) in [5.74, 6) is -3.32. The SMILES string of the molecule is CCOC(=O)C1=C(C)N=c2s/c(=C/C34c5ccccc5C(c5ccccc53)[C@@H]3C(=O)N(c5ccc(C)cc5)C(=O)[C@H]34)c(=O)n2[C@@H]1c1ccc(C)c([N+](=O)[O-])c1. The number of rotatable bonds is 6. The summed E-state index contributed by atoms with van der Waals surface area (Å²) in [5, 5.41) is 12.1. The Hall–Kier alpha value is -6.27. The number of esters is 1. The first kappa shape index (κ1) is 34.5. The van der Waals surface area contributed by atoms with Crippen molar-refractivity contribution in [1.29, 1.82) is 0 Å². The van der Waals surface area contributed by atoms with Gasteiger partial charge in [-0.15, -0.1) is 0 Å². The van der Waals surface area contributed by atoms with Gasteiger partial charge in [0.25, 0.3) is 11.2 Å². The van der Waals surface area contributed by atoms with E-state index in [1.54, 1.807) is 45.0 Å². The minimum Gasteiger partial charge on any atom is -0.463 e. The molecule has 11 nitrogen and oxygen atoms in total. The number of nitro groups is 1. The number of fused-ring (bicyclic) bond motifs is 1. The van der Waals surface area contributed by atoms with Crippen LogP contribution in [0.3, 0.4) is 0 Å². The second kappa shape index (κ2) is 12.4. The molecule has 0 radical (unpaired) electrons. The quantitative estimate of drug-likeness (QED) is 0.0963. The molecule has 274 valence electrons. The second-order valence-corrected chi connectivity index (χ2v) is 15.5. The minimum absolute atomic E-state index is 0.0675. The Morgan fingerprint density at radius 2 is 1.58 bits per heavy atom. The highest BCUT2D eigenvalue weighted by Crippen LogP contribution is 2.65. The normalized spacial score (nSPS) is 23.6. The average Bonchev–Trinajstić information content (AvgIpc) is 3.62. The van der Waals surface area contributed by atoms with E-state index in [-0.39, 0.29) is 44.9 Å². The number of aromatic nitrogens is 1. The molecule has 5 aliphatic rings. The number of anilines is 1. The van der Waals surface area contributed by atoms with Gasteiger partial charge in [-0.25, -0.2) is 14.7 Å². The van der Waals surface area contributed by atoms with Gasteiger partial charge in [0.2, 0.25) is 11.8 Å². The van der Waals surface area contributed by atoms with Gasteiger partial charge in [0.05, 0.1) is 56.3 Å². The minimum atomic E-state index is -1.24. The van der Waals surface area contributed by atoms with Crippen LogP contribution in [0.15, 0.2) is 112 Å². The Morgan fingerprint density at radius 3 is 2.22 bits per heavy atom. The molecule has 4 aromatic carbocycles. The van der Waals surface area contributed by atoms with Crippen molar-refractivity contribution in [3.8, 4) is 0 Å². The summed E-state index contributed by atoms with van der Waals surface area (Å²) < 4.78 is 7.09. The van der Waals surface area contributed by atoms with Gasteiger partial charge in [-0.05, 0) is 73.7 Å². The molecule has 1 saturated heterocycles. The molecule has 2 amide bonds. The van der Waals surface area contributed by atoms with E-state index < -0.39 is 39.7 Å². The van der Waals surface area contributed by atoms with Crippen molar-refractivity contribution in [2.75, 3.05) is 11.5 Å². The fourth-order valence-corrected chi connectivity index (χ4v) is 10.4. The van der Waals surface area contributed by atoms with Gasteiger partial charge in [0, 0.05) is 17.5 Å². The number of aryl methyl sites for hydroxylation is 2. The summed E-state index contributed by atoms with van der Waals surface area (Å²) >= 11 is 1.11. The predicted octanol–water partition coefficient (Wildman–Crippen LogP) is 5.53. The van der Waals surface area contributed by atoms with Crippen LogP contribution in [-0.2, 0) is 24.5 Å². The molecule has 1 aromatic heterocycles. The Kier molecular flexibility index (Phi) is 7.77. The molecule has 3 atom stereocenters. The number of thiazole rings is 1. The zero-order chi connectivity index (χ0) is 38.5. The summed E-state index contributed by atoms with van der Waals surface area (Å²) in [6.45, 7) is 6.96. The highest BCUT2D eigenvalue weighted by atomic mass is 32.1. The molecule has 2 bridgehead atoms. The lowest BCUT2D eigenvalue weighted by Gasteiger charge is -2.53. The van der Waals surface area contributed by atoms with Crippen molar-refractivity contribution in [2.24, 2.45) is 16.8 Å². The number of hydrogen-bond donors (Lipinski definition) is 0. The lowest BCUT2D eigenvalue weighted by atomic mass is 9.47. The maximum atomic E-state index is 15.1. The molecule has 1 fully saturated rings. The van der Waals surface area contributed by atoms with E-state index in [1.807, 2.05) is 73.7 Å². The first-order valence-electron chi connectivity index (χ1n) is 18.1. The van der Waals surface area contributed by atoms with Crippen molar-refractivity contribution in [1.82, 2.24) is 4.57 Å². The van der Waals surface area contributed by atoms with Crippen LogP contribution in [0.5, 0.6) is 0 Å². The third kappa shape index (κ3) is 4.77. The fourth-order valence-electron chi connectivity index (χ4n) is 9.33. The number of nitro benzene ring substituents is 1. The van der Waals surface area contributed by atoms with Gasteiger partial charge in [0.15, 0.2) is 4.80 Å². The van der Waals surface area contributed by atoms with E-state index in [0.29, 0.717) is 22.5 Å². The molecule has 10 rings (SSSR count). The average molecular weight is 751 g/mol. The van der Waals surface area contributed by atoms with Crippen LogP contribution >= 0.6 is 11.3 Å². The standard InChI is InChI=1S/C43H34N4O7S/c1-5-54-41(51)33-24(4)44-42-46(37(33)25-17-16-23(3)31(20-25)47(52)53)38(48)32(55-42)21-43-29-12-8-6-10-27(29)34(28-11-7-9-13-30(28)43)35-36(43)40(50)45(39(35)49)26-18-14-22(2)15-19-26/h6-21,34-37H,5H2,1-4H3/b32-21+/t34?,35-,36-,37+,43?/m0/s1. The van der Waals surface area contributed by atoms with Gasteiger partial charge >= 0.3 is 5.97 Å². The Bertz CT molecular complexity index is 2720. The second-order valence-electron chi connectivity index (χ2n) is 14.5. The van der Waals surface area contributed by atoms with E-state index in [2.05, 4.69) is 0 Å². The van der Waals surface area contributed by atoms with E-state index in [9.17, 15) is 24.5 Å². The van der Waals surface area contributed by atoms with E-state index in [0.717, 1.165) is 39.2 Å². The fraction of sp³-hybridized carbons (Fsp3) is 0.233. The number of imide groups is 1. The monoisotopic (exact) mass is 750 g/mol. The van der Waals surface area contributed by atoms with Gasteiger partial charge < -0.3 is 4.74 Å². The van der Waals surface area contributed by atoms with Crippen LogP contribution in [0.2, 0.25) is 0 Å². The van der Waals surface area contributed by atoms with Crippen molar-refractivity contribution in [3.05, 3.63) is 171 Å². The lowest BCUT2D eigenvalue weighted by molar-refractivity contribution is -0.385. The largest absolute Gasteiger partial charge is 0.463 e. The summed E-state index contributed by atoms with van der Waals surface area (Å²) in [5.41, 5.74) is 4.30. The molecule has 0 N–H and O–H groups in total. The summed E-state index contributed by atoms with van der Waals surface area (Å²) in [4.78, 5) is 76.2. The van der Waals surface area contributed by atoms with Crippen molar-refractivity contribution in [3.63, 3.8) is 0 Å². The molecule has 12 heteroatoms. The third-order valence-electron chi connectivity index (χ3n) is 11.6. The predicted molar refractivity (Wildman–Crippen MR) is 205 cm³/mol. The van der Waals surface area contributed by atoms with Gasteiger partial charge in [-0.3, -0.25) is 29.1 Å². The highest BCUT2D eigenvalue weighted by molar-refractivity contribution is 7.07. The van der Waals surface area contributed by atoms with E-state index >= 15 is 4.79 Å². The van der Waals surface area contributed by atoms with Crippen molar-refractivity contribution in [2.45, 2.75) is 45.1 Å². The Labute approximate surface area is 318 Å². The number of carbonyl (C=O) groups is 3. The number of amides is 2. The zero-order valence-electron chi connectivity index (χ0n) is 30.3. The molecule has 0 spiro atoms. The molecular formula is C43H34N4O7S. The summed E-state index contributed by atoms with van der Waals surface area (Å²) in [7, 11) is 0. The van der Waals surface area contributed by atoms with Crippen LogP contribution in [0.25, 0.3) is 6.08 Å². The van der Waals surface area contributed by atoms with Crippen LogP contribution < -0.4 is 19.8 Å². The van der Waals surface area contributed by atoms with Crippen molar-refractivity contribution < 1.29 is 24.0 Å². The maximum absolute atomic E-state index is 15.1. The number of allylic oxidation sites excluding steroid dienone is 1. The highest BCUT2D eigenvalue weighted by Gasteiger charge is 2.67. The zero-order valence-corrected chi connectivity index (χ0v) is 31.1. The molecule has 3 aliphatic carbocycles. The van der Waals surface area contributed by atoms with Crippen LogP contribution in [-0.4, -0.2) is 33.9 Å². The van der Waals surface area contributed by atoms with Gasteiger partial charge in [-0.1, -0.05) is 89.7 Å². The number of ether oxygens (including phenoxy) is 1. The van der Waals surface area contributed by atoms with Crippen LogP contribution in [0.1, 0.15) is 64.8 Å². The number of nitrogens with zero attached hydrogens (tertiary/aromatic N) is 4. The number of benzene rings is 4. The molecule has 55 heavy (non-hydrogen) atoms. The van der Waals surface area contributed by atoms with Crippen molar-refractivity contribution >= 4 is 46.6 Å². The Morgan fingerprint density at radius 1 is 0.927 bits per heavy atom. The maximum Gasteiger partial charge on any atom is 0.338 e. The molecule has 0 unspecified atom stereocenters. The molecule has 2 aliphatic heterocycles.